The summed E-state index contributed by atoms with van der Waals surface area (Å²) in [6.07, 6.45) is 10.2. The maximum absolute atomic E-state index is 2.32. The lowest BCUT2D eigenvalue weighted by Gasteiger charge is -2.28. The van der Waals surface area contributed by atoms with Gasteiger partial charge >= 0.3 is 0 Å². The van der Waals surface area contributed by atoms with E-state index in [0.717, 1.165) is 6.42 Å². The van der Waals surface area contributed by atoms with Crippen molar-refractivity contribution in [2.75, 3.05) is 0 Å². The zero-order valence-corrected chi connectivity index (χ0v) is 7.09. The zero-order chi connectivity index (χ0) is 7.61. The quantitative estimate of drug-likeness (QED) is 0.486. The Morgan fingerprint density at radius 1 is 1.20 bits per heavy atom. The molecule has 1 rings (SSSR count). The molecule has 0 fully saturated rings. The van der Waals surface area contributed by atoms with E-state index in [1.54, 1.807) is 0 Å². The second-order valence-electron chi connectivity index (χ2n) is 3.56. The van der Waals surface area contributed by atoms with Crippen LogP contribution in [0.5, 0.6) is 0 Å². The van der Waals surface area contributed by atoms with Crippen molar-refractivity contribution in [2.45, 2.75) is 27.2 Å². The molecule has 0 unspecified atom stereocenters. The zero-order valence-electron chi connectivity index (χ0n) is 7.09. The fourth-order valence-corrected chi connectivity index (χ4v) is 1.16. The molecular formula is C10H16. The molecule has 56 valence electrons. The molecule has 0 spiro atoms. The highest BCUT2D eigenvalue weighted by Crippen LogP contribution is 2.32. The number of hydrogen-bond donors (Lipinski definition) is 0. The van der Waals surface area contributed by atoms with Crippen molar-refractivity contribution in [1.82, 2.24) is 0 Å². The Balaban J connectivity index is 2.75. The van der Waals surface area contributed by atoms with E-state index in [1.165, 1.54) is 0 Å². The lowest BCUT2D eigenvalue weighted by molar-refractivity contribution is 0.379. The summed E-state index contributed by atoms with van der Waals surface area (Å²) >= 11 is 0. The molecule has 0 aromatic rings. The number of hydrogen-bond acceptors (Lipinski definition) is 0. The third kappa shape index (κ3) is 1.31. The molecule has 0 bridgehead atoms. The van der Waals surface area contributed by atoms with Gasteiger partial charge in [-0.1, -0.05) is 45.1 Å². The SMILES string of the molecule is CC(C)C1(C)C=CCC=C1. The van der Waals surface area contributed by atoms with Crippen molar-refractivity contribution in [2.24, 2.45) is 11.3 Å². The van der Waals surface area contributed by atoms with E-state index in [1.807, 2.05) is 0 Å². The number of rotatable bonds is 1. The van der Waals surface area contributed by atoms with Gasteiger partial charge < -0.3 is 0 Å². The molecule has 0 aliphatic heterocycles. The summed E-state index contributed by atoms with van der Waals surface area (Å²) in [5.41, 5.74) is 0.318. The predicted octanol–water partition coefficient (Wildman–Crippen LogP) is 3.16. The summed E-state index contributed by atoms with van der Waals surface area (Å²) in [7, 11) is 0. The van der Waals surface area contributed by atoms with E-state index < -0.39 is 0 Å². The van der Waals surface area contributed by atoms with Crippen molar-refractivity contribution < 1.29 is 0 Å². The van der Waals surface area contributed by atoms with E-state index in [0.29, 0.717) is 11.3 Å². The molecule has 0 aromatic carbocycles. The third-order valence-electron chi connectivity index (χ3n) is 2.47. The van der Waals surface area contributed by atoms with Crippen LogP contribution in [0.25, 0.3) is 0 Å². The van der Waals surface area contributed by atoms with Gasteiger partial charge in [-0.25, -0.2) is 0 Å². The van der Waals surface area contributed by atoms with E-state index in [-0.39, 0.29) is 0 Å². The van der Waals surface area contributed by atoms with Crippen LogP contribution >= 0.6 is 0 Å². The molecule has 0 radical (unpaired) electrons. The van der Waals surface area contributed by atoms with Crippen molar-refractivity contribution in [1.29, 1.82) is 0 Å². The smallest absolute Gasteiger partial charge is 0.00558 e. The Bertz CT molecular complexity index is 149. The first kappa shape index (κ1) is 7.59. The average molecular weight is 136 g/mol. The second-order valence-corrected chi connectivity index (χ2v) is 3.56. The maximum Gasteiger partial charge on any atom is 0.00558 e. The molecule has 1 aliphatic rings. The van der Waals surface area contributed by atoms with Crippen molar-refractivity contribution >= 4 is 0 Å². The Morgan fingerprint density at radius 3 is 2.00 bits per heavy atom. The van der Waals surface area contributed by atoms with Gasteiger partial charge in [0.15, 0.2) is 0 Å². The van der Waals surface area contributed by atoms with Crippen LogP contribution < -0.4 is 0 Å². The van der Waals surface area contributed by atoms with Gasteiger partial charge in [0.25, 0.3) is 0 Å². The minimum atomic E-state index is 0.318. The van der Waals surface area contributed by atoms with E-state index in [2.05, 4.69) is 45.1 Å². The van der Waals surface area contributed by atoms with Crippen LogP contribution in [-0.2, 0) is 0 Å². The normalized spacial score (nSPS) is 22.0. The van der Waals surface area contributed by atoms with Gasteiger partial charge in [0.2, 0.25) is 0 Å². The molecule has 0 heterocycles. The highest BCUT2D eigenvalue weighted by Gasteiger charge is 2.22. The minimum Gasteiger partial charge on any atom is -0.0839 e. The third-order valence-corrected chi connectivity index (χ3v) is 2.47. The van der Waals surface area contributed by atoms with Crippen LogP contribution in [0.3, 0.4) is 0 Å². The molecule has 0 amide bonds. The average Bonchev–Trinajstić information content (AvgIpc) is 1.89. The van der Waals surface area contributed by atoms with Gasteiger partial charge in [-0.3, -0.25) is 0 Å². The van der Waals surface area contributed by atoms with Crippen LogP contribution in [-0.4, -0.2) is 0 Å². The van der Waals surface area contributed by atoms with Gasteiger partial charge in [-0.05, 0) is 12.3 Å². The van der Waals surface area contributed by atoms with Crippen LogP contribution in [0, 0.1) is 11.3 Å². The molecular weight excluding hydrogens is 120 g/mol. The Labute approximate surface area is 63.6 Å². The first-order chi connectivity index (χ1) is 4.65. The summed E-state index contributed by atoms with van der Waals surface area (Å²) in [6.45, 7) is 6.81. The second kappa shape index (κ2) is 2.61. The first-order valence-electron chi connectivity index (χ1n) is 4.00. The molecule has 0 heteroatoms. The lowest BCUT2D eigenvalue weighted by atomic mass is 9.77. The number of allylic oxidation sites excluding steroid dienone is 4. The summed E-state index contributed by atoms with van der Waals surface area (Å²) in [4.78, 5) is 0. The summed E-state index contributed by atoms with van der Waals surface area (Å²) < 4.78 is 0. The standard InChI is InChI=1S/C10H16/c1-9(2)10(3)7-5-4-6-8-10/h5-9H,4H2,1-3H3. The Hall–Kier alpha value is -0.520. The molecule has 0 saturated heterocycles. The van der Waals surface area contributed by atoms with Crippen LogP contribution in [0.15, 0.2) is 24.3 Å². The molecule has 10 heavy (non-hydrogen) atoms. The van der Waals surface area contributed by atoms with Gasteiger partial charge in [0.05, 0.1) is 0 Å². The van der Waals surface area contributed by atoms with Gasteiger partial charge in [-0.2, -0.15) is 0 Å². The Morgan fingerprint density at radius 2 is 1.70 bits per heavy atom. The highest BCUT2D eigenvalue weighted by molar-refractivity contribution is 5.16. The molecule has 0 aromatic heterocycles. The topological polar surface area (TPSA) is 0 Å². The predicted molar refractivity (Wildman–Crippen MR) is 45.8 cm³/mol. The van der Waals surface area contributed by atoms with Gasteiger partial charge in [0, 0.05) is 5.41 Å². The first-order valence-corrected chi connectivity index (χ1v) is 4.00. The monoisotopic (exact) mass is 136 g/mol. The van der Waals surface area contributed by atoms with E-state index >= 15 is 0 Å². The molecule has 1 aliphatic carbocycles. The lowest BCUT2D eigenvalue weighted by Crippen LogP contribution is -2.18. The van der Waals surface area contributed by atoms with Gasteiger partial charge in [-0.15, -0.1) is 0 Å². The van der Waals surface area contributed by atoms with Gasteiger partial charge in [0.1, 0.15) is 0 Å². The highest BCUT2D eigenvalue weighted by atomic mass is 14.3. The fraction of sp³-hybridized carbons (Fsp3) is 0.600. The largest absolute Gasteiger partial charge is 0.0839 e. The van der Waals surface area contributed by atoms with Crippen LogP contribution in [0.1, 0.15) is 27.2 Å². The van der Waals surface area contributed by atoms with Crippen molar-refractivity contribution in [3.8, 4) is 0 Å². The summed E-state index contributed by atoms with van der Waals surface area (Å²) in [5.74, 6) is 0.709. The van der Waals surface area contributed by atoms with Crippen LogP contribution in [0.4, 0.5) is 0 Å². The molecule has 0 atom stereocenters. The maximum atomic E-state index is 2.32. The Kier molecular flexibility index (Phi) is 1.98. The summed E-state index contributed by atoms with van der Waals surface area (Å²) in [5, 5.41) is 0. The van der Waals surface area contributed by atoms with E-state index in [9.17, 15) is 0 Å². The fourth-order valence-electron chi connectivity index (χ4n) is 1.16. The minimum absolute atomic E-state index is 0.318. The van der Waals surface area contributed by atoms with Crippen molar-refractivity contribution in [3.05, 3.63) is 24.3 Å². The van der Waals surface area contributed by atoms with Crippen molar-refractivity contribution in [3.63, 3.8) is 0 Å². The van der Waals surface area contributed by atoms with Crippen LogP contribution in [0.2, 0.25) is 0 Å². The van der Waals surface area contributed by atoms with E-state index in [4.69, 9.17) is 0 Å². The molecule has 0 nitrogen and oxygen atoms in total. The molecule has 0 saturated carbocycles. The molecule has 0 N–H and O–H groups in total. The summed E-state index contributed by atoms with van der Waals surface area (Å²) in [6, 6.07) is 0.